The molecule has 6 heteroatoms. The van der Waals surface area contributed by atoms with Crippen molar-refractivity contribution >= 4 is 21.1 Å². The van der Waals surface area contributed by atoms with Gasteiger partial charge in [-0.25, -0.2) is 4.39 Å². The maximum absolute atomic E-state index is 13.3. The van der Waals surface area contributed by atoms with E-state index in [0.29, 0.717) is 5.52 Å². The van der Waals surface area contributed by atoms with Crippen molar-refractivity contribution in [1.29, 1.82) is 0 Å². The number of hydrogen-bond acceptors (Lipinski definition) is 2. The molecule has 0 spiro atoms. The zero-order valence-corrected chi connectivity index (χ0v) is 8.31. The summed E-state index contributed by atoms with van der Waals surface area (Å²) in [7, 11) is -4.64. The molecule has 0 atom stereocenters. The van der Waals surface area contributed by atoms with Crippen LogP contribution in [0.2, 0.25) is 0 Å². The lowest BCUT2D eigenvalue weighted by Gasteiger charge is -1.96. The van der Waals surface area contributed by atoms with Crippen LogP contribution < -0.4 is 0 Å². The summed E-state index contributed by atoms with van der Waals surface area (Å²) in [6.45, 7) is 0. The molecule has 0 aliphatic heterocycles. The predicted octanol–water partition coefficient (Wildman–Crippen LogP) is 2.11. The van der Waals surface area contributed by atoms with E-state index in [1.807, 2.05) is 0 Å². The maximum atomic E-state index is 13.3. The molecular weight excluding hydrogens is 224 g/mol. The topological polar surface area (TPSA) is 49.9 Å². The van der Waals surface area contributed by atoms with E-state index in [1.54, 1.807) is 6.07 Å². The second kappa shape index (κ2) is 3.30. The van der Waals surface area contributed by atoms with Crippen LogP contribution in [-0.4, -0.2) is 13.4 Å². The summed E-state index contributed by atoms with van der Waals surface area (Å²) in [6.07, 6.45) is 1.30. The van der Waals surface area contributed by atoms with E-state index in [4.69, 9.17) is 0 Å². The van der Waals surface area contributed by atoms with Gasteiger partial charge in [-0.1, -0.05) is 6.07 Å². The lowest BCUT2D eigenvalue weighted by molar-refractivity contribution is 0.551. The molecule has 1 N–H and O–H groups in total. The summed E-state index contributed by atoms with van der Waals surface area (Å²) in [5, 5.41) is 0.124. The summed E-state index contributed by atoms with van der Waals surface area (Å²) in [5.41, 5.74) is 0.555. The van der Waals surface area contributed by atoms with Crippen molar-refractivity contribution in [3.8, 4) is 0 Å². The molecule has 0 saturated heterocycles. The van der Waals surface area contributed by atoms with Crippen molar-refractivity contribution in [2.24, 2.45) is 0 Å². The highest BCUT2D eigenvalue weighted by Crippen LogP contribution is 2.23. The zero-order chi connectivity index (χ0) is 11.1. The van der Waals surface area contributed by atoms with E-state index in [0.717, 1.165) is 0 Å². The summed E-state index contributed by atoms with van der Waals surface area (Å²) in [6, 6.07) is 4.28. The Hall–Kier alpha value is -1.43. The first-order valence-electron chi connectivity index (χ1n) is 4.14. The van der Waals surface area contributed by atoms with Gasteiger partial charge in [0, 0.05) is 17.1 Å². The molecule has 2 aromatic rings. The average Bonchev–Trinajstić information content (AvgIpc) is 2.47. The third kappa shape index (κ3) is 1.99. The van der Waals surface area contributed by atoms with E-state index < -0.39 is 21.8 Å². The molecule has 0 aliphatic carbocycles. The molecule has 1 aromatic carbocycles. The minimum Gasteiger partial charge on any atom is -0.361 e. The van der Waals surface area contributed by atoms with Crippen molar-refractivity contribution < 1.29 is 16.7 Å². The molecular formula is C9H7F2NO2S. The molecule has 0 fully saturated rings. The Labute approximate surface area is 84.9 Å². The van der Waals surface area contributed by atoms with Gasteiger partial charge in [-0.2, -0.15) is 8.42 Å². The van der Waals surface area contributed by atoms with Gasteiger partial charge in [-0.05, 0) is 17.7 Å². The van der Waals surface area contributed by atoms with Crippen LogP contribution in [0.1, 0.15) is 5.56 Å². The first-order chi connectivity index (χ1) is 6.97. The average molecular weight is 231 g/mol. The highest BCUT2D eigenvalue weighted by Gasteiger charge is 2.15. The Morgan fingerprint density at radius 2 is 2.07 bits per heavy atom. The van der Waals surface area contributed by atoms with Gasteiger partial charge in [0.1, 0.15) is 11.6 Å². The van der Waals surface area contributed by atoms with Gasteiger partial charge in [0.2, 0.25) is 0 Å². The molecule has 2 rings (SSSR count). The van der Waals surface area contributed by atoms with Crippen molar-refractivity contribution in [2.75, 3.05) is 0 Å². The minimum absolute atomic E-state index is 0.102. The largest absolute Gasteiger partial charge is 0.361 e. The van der Waals surface area contributed by atoms with Gasteiger partial charge in [0.25, 0.3) is 0 Å². The molecule has 1 aromatic heterocycles. The van der Waals surface area contributed by atoms with E-state index in [1.165, 1.54) is 18.3 Å². The van der Waals surface area contributed by atoms with E-state index in [9.17, 15) is 16.7 Å². The van der Waals surface area contributed by atoms with E-state index >= 15 is 0 Å². The number of rotatable bonds is 2. The maximum Gasteiger partial charge on any atom is 0.306 e. The lowest BCUT2D eigenvalue weighted by Crippen LogP contribution is -1.95. The summed E-state index contributed by atoms with van der Waals surface area (Å²) in [4.78, 5) is 2.68. The minimum atomic E-state index is -4.64. The SMILES string of the molecule is O=S(=O)(F)Cc1c[nH]c2cccc(F)c12. The summed E-state index contributed by atoms with van der Waals surface area (Å²) < 4.78 is 46.7. The standard InChI is InChI=1S/C9H7F2NO2S/c10-7-2-1-3-8-9(7)6(4-12-8)5-15(11,13)14/h1-4,12H,5H2. The second-order valence-corrected chi connectivity index (χ2v) is 4.53. The van der Waals surface area contributed by atoms with Crippen molar-refractivity contribution in [2.45, 2.75) is 5.75 Å². The van der Waals surface area contributed by atoms with Gasteiger partial charge in [0.05, 0.1) is 0 Å². The van der Waals surface area contributed by atoms with Crippen LogP contribution in [0.25, 0.3) is 10.9 Å². The fourth-order valence-corrected chi connectivity index (χ4v) is 2.11. The summed E-state index contributed by atoms with van der Waals surface area (Å²) >= 11 is 0. The first-order valence-corrected chi connectivity index (χ1v) is 5.69. The van der Waals surface area contributed by atoms with E-state index in [2.05, 4.69) is 4.98 Å². The number of benzene rings is 1. The third-order valence-corrected chi connectivity index (χ3v) is 2.72. The van der Waals surface area contributed by atoms with Gasteiger partial charge in [-0.15, -0.1) is 3.89 Å². The Morgan fingerprint density at radius 3 is 2.73 bits per heavy atom. The quantitative estimate of drug-likeness (QED) is 0.805. The van der Waals surface area contributed by atoms with Crippen LogP contribution >= 0.6 is 0 Å². The van der Waals surface area contributed by atoms with Crippen molar-refractivity contribution in [3.63, 3.8) is 0 Å². The molecule has 0 unspecified atom stereocenters. The molecule has 0 bridgehead atoms. The van der Waals surface area contributed by atoms with Crippen LogP contribution in [0.4, 0.5) is 8.28 Å². The highest BCUT2D eigenvalue weighted by molar-refractivity contribution is 7.85. The normalized spacial score (nSPS) is 12.1. The fraction of sp³-hybridized carbons (Fsp3) is 0.111. The van der Waals surface area contributed by atoms with Crippen LogP contribution in [0.3, 0.4) is 0 Å². The Morgan fingerprint density at radius 1 is 1.33 bits per heavy atom. The molecule has 80 valence electrons. The smallest absolute Gasteiger partial charge is 0.306 e. The van der Waals surface area contributed by atoms with Gasteiger partial charge < -0.3 is 4.98 Å². The molecule has 3 nitrogen and oxygen atoms in total. The molecule has 0 aliphatic rings. The Kier molecular flexibility index (Phi) is 2.22. The number of aromatic nitrogens is 1. The fourth-order valence-electron chi connectivity index (χ4n) is 1.51. The Bertz CT molecular complexity index is 604. The number of nitrogens with one attached hydrogen (secondary N) is 1. The predicted molar refractivity (Wildman–Crippen MR) is 52.0 cm³/mol. The number of H-pyrrole nitrogens is 1. The van der Waals surface area contributed by atoms with Gasteiger partial charge >= 0.3 is 10.2 Å². The van der Waals surface area contributed by atoms with Crippen LogP contribution in [-0.2, 0) is 16.0 Å². The molecule has 15 heavy (non-hydrogen) atoms. The number of halogens is 2. The van der Waals surface area contributed by atoms with Crippen molar-refractivity contribution in [1.82, 2.24) is 4.98 Å². The third-order valence-electron chi connectivity index (χ3n) is 2.06. The van der Waals surface area contributed by atoms with Crippen LogP contribution in [0.15, 0.2) is 24.4 Å². The monoisotopic (exact) mass is 231 g/mol. The number of fused-ring (bicyclic) bond motifs is 1. The molecule has 0 amide bonds. The number of hydrogen-bond donors (Lipinski definition) is 1. The van der Waals surface area contributed by atoms with Gasteiger partial charge in [-0.3, -0.25) is 0 Å². The highest BCUT2D eigenvalue weighted by atomic mass is 32.3. The molecule has 0 radical (unpaired) electrons. The molecule has 1 heterocycles. The van der Waals surface area contributed by atoms with Gasteiger partial charge in [0.15, 0.2) is 0 Å². The number of aromatic amines is 1. The Balaban J connectivity index is 2.63. The zero-order valence-electron chi connectivity index (χ0n) is 7.50. The lowest BCUT2D eigenvalue weighted by atomic mass is 10.2. The van der Waals surface area contributed by atoms with E-state index in [-0.39, 0.29) is 10.9 Å². The van der Waals surface area contributed by atoms with Crippen molar-refractivity contribution in [3.05, 3.63) is 35.8 Å². The summed E-state index contributed by atoms with van der Waals surface area (Å²) in [5.74, 6) is -1.37. The van der Waals surface area contributed by atoms with Crippen LogP contribution in [0, 0.1) is 5.82 Å². The van der Waals surface area contributed by atoms with Crippen LogP contribution in [0.5, 0.6) is 0 Å². The second-order valence-electron chi connectivity index (χ2n) is 3.16. The molecule has 0 saturated carbocycles. The first kappa shape index (κ1) is 10.1.